The summed E-state index contributed by atoms with van der Waals surface area (Å²) in [6.45, 7) is 6.09. The van der Waals surface area contributed by atoms with Crippen molar-refractivity contribution >= 4 is 11.9 Å². The van der Waals surface area contributed by atoms with Gasteiger partial charge in [0.2, 0.25) is 0 Å². The summed E-state index contributed by atoms with van der Waals surface area (Å²) in [7, 11) is 1.69. The van der Waals surface area contributed by atoms with Crippen molar-refractivity contribution in [1.29, 1.82) is 5.41 Å². The number of carbonyl (C=O) groups excluding carboxylic acids is 1. The van der Waals surface area contributed by atoms with E-state index in [0.29, 0.717) is 6.54 Å². The number of amidine groups is 1. The van der Waals surface area contributed by atoms with Crippen molar-refractivity contribution in [3.63, 3.8) is 0 Å². The van der Waals surface area contributed by atoms with E-state index in [1.165, 1.54) is 4.90 Å². The van der Waals surface area contributed by atoms with Gasteiger partial charge in [0.1, 0.15) is 0 Å². The molecule has 0 aliphatic carbocycles. The lowest BCUT2D eigenvalue weighted by Crippen LogP contribution is -2.44. The van der Waals surface area contributed by atoms with Crippen molar-refractivity contribution in [2.24, 2.45) is 11.7 Å². The molecule has 0 rings (SSSR count). The Kier molecular flexibility index (Phi) is 4.97. The van der Waals surface area contributed by atoms with E-state index in [9.17, 15) is 4.79 Å². The molecule has 14 heavy (non-hydrogen) atoms. The van der Waals surface area contributed by atoms with Gasteiger partial charge in [0.25, 0.3) is 0 Å². The second-order valence-corrected chi connectivity index (χ2v) is 3.84. The number of amides is 2. The summed E-state index contributed by atoms with van der Waals surface area (Å²) < 4.78 is 0. The molecule has 4 N–H and O–H groups in total. The highest BCUT2D eigenvalue weighted by Crippen LogP contribution is 1.97. The number of nitrogens with zero attached hydrogens (tertiary/aromatic N) is 1. The maximum Gasteiger partial charge on any atom is 0.317 e. The van der Waals surface area contributed by atoms with Gasteiger partial charge in [-0.25, -0.2) is 4.79 Å². The molecule has 5 nitrogen and oxygen atoms in total. The second-order valence-electron chi connectivity index (χ2n) is 3.84. The number of hydrogen-bond acceptors (Lipinski definition) is 2. The molecule has 1 unspecified atom stereocenters. The van der Waals surface area contributed by atoms with Crippen molar-refractivity contribution in [3.05, 3.63) is 0 Å². The fourth-order valence-corrected chi connectivity index (χ4v) is 0.949. The molecule has 1 atom stereocenters. The summed E-state index contributed by atoms with van der Waals surface area (Å²) in [5.41, 5.74) is 5.31. The lowest BCUT2D eigenvalue weighted by atomic mass is 10.1. The van der Waals surface area contributed by atoms with Crippen LogP contribution in [0.1, 0.15) is 20.8 Å². The second kappa shape index (κ2) is 5.47. The summed E-state index contributed by atoms with van der Waals surface area (Å²) in [6, 6.07) is -0.00863. The third kappa shape index (κ3) is 4.69. The summed E-state index contributed by atoms with van der Waals surface area (Å²) in [5.74, 6) is 0.00658. The highest BCUT2D eigenvalue weighted by Gasteiger charge is 2.14. The standard InChI is InChI=1S/C9H20N4O/c1-6(2)12-9(14)13(4)5-7(3)8(10)11/h6-7H,5H2,1-4H3,(H3,10,11)(H,12,14). The van der Waals surface area contributed by atoms with Crippen molar-refractivity contribution in [2.45, 2.75) is 26.8 Å². The van der Waals surface area contributed by atoms with Crippen molar-refractivity contribution in [2.75, 3.05) is 13.6 Å². The van der Waals surface area contributed by atoms with Crippen LogP contribution in [-0.2, 0) is 0 Å². The molecule has 0 aliphatic rings. The average molecular weight is 200 g/mol. The monoisotopic (exact) mass is 200 g/mol. The summed E-state index contributed by atoms with van der Waals surface area (Å²) >= 11 is 0. The van der Waals surface area contributed by atoms with Crippen LogP contribution in [0.15, 0.2) is 0 Å². The topological polar surface area (TPSA) is 82.2 Å². The Morgan fingerprint density at radius 2 is 2.00 bits per heavy atom. The average Bonchev–Trinajstić information content (AvgIpc) is 2.02. The van der Waals surface area contributed by atoms with E-state index in [1.54, 1.807) is 7.05 Å². The highest BCUT2D eigenvalue weighted by molar-refractivity contribution is 5.80. The van der Waals surface area contributed by atoms with E-state index in [1.807, 2.05) is 20.8 Å². The lowest BCUT2D eigenvalue weighted by molar-refractivity contribution is 0.203. The van der Waals surface area contributed by atoms with Crippen molar-refractivity contribution in [3.8, 4) is 0 Å². The van der Waals surface area contributed by atoms with Gasteiger partial charge in [-0.2, -0.15) is 0 Å². The Morgan fingerprint density at radius 1 is 1.50 bits per heavy atom. The van der Waals surface area contributed by atoms with Crippen LogP contribution >= 0.6 is 0 Å². The van der Waals surface area contributed by atoms with Gasteiger partial charge in [0.15, 0.2) is 0 Å². The molecular weight excluding hydrogens is 180 g/mol. The maximum absolute atomic E-state index is 11.4. The van der Waals surface area contributed by atoms with Gasteiger partial charge in [-0.05, 0) is 13.8 Å². The molecule has 0 aromatic rings. The molecule has 0 heterocycles. The minimum Gasteiger partial charge on any atom is -0.387 e. The molecule has 0 aromatic carbocycles. The smallest absolute Gasteiger partial charge is 0.317 e. The number of nitrogens with one attached hydrogen (secondary N) is 2. The largest absolute Gasteiger partial charge is 0.387 e. The predicted octanol–water partition coefficient (Wildman–Crippen LogP) is 0.608. The molecule has 0 radical (unpaired) electrons. The minimum atomic E-state index is -0.131. The summed E-state index contributed by atoms with van der Waals surface area (Å²) in [4.78, 5) is 12.9. The Morgan fingerprint density at radius 3 is 2.36 bits per heavy atom. The zero-order chi connectivity index (χ0) is 11.3. The molecule has 0 aliphatic heterocycles. The van der Waals surface area contributed by atoms with Crippen LogP contribution in [0.4, 0.5) is 4.79 Å². The van der Waals surface area contributed by atoms with Gasteiger partial charge in [0, 0.05) is 25.6 Å². The molecule has 0 aromatic heterocycles. The zero-order valence-corrected chi connectivity index (χ0v) is 9.29. The van der Waals surface area contributed by atoms with E-state index < -0.39 is 0 Å². The quantitative estimate of drug-likeness (QED) is 0.459. The number of hydrogen-bond donors (Lipinski definition) is 3. The summed E-state index contributed by atoms with van der Waals surface area (Å²) in [6.07, 6.45) is 0. The van der Waals surface area contributed by atoms with Crippen molar-refractivity contribution < 1.29 is 4.79 Å². The lowest BCUT2D eigenvalue weighted by Gasteiger charge is -2.22. The van der Waals surface area contributed by atoms with Gasteiger partial charge in [-0.1, -0.05) is 6.92 Å². The van der Waals surface area contributed by atoms with Crippen LogP contribution in [0.3, 0.4) is 0 Å². The maximum atomic E-state index is 11.4. The molecular formula is C9H20N4O. The number of carbonyl (C=O) groups is 1. The SMILES string of the molecule is CC(C)NC(=O)N(C)CC(C)C(=N)N. The van der Waals surface area contributed by atoms with Gasteiger partial charge in [-0.3, -0.25) is 5.41 Å². The van der Waals surface area contributed by atoms with Crippen LogP contribution in [0.25, 0.3) is 0 Å². The normalized spacial score (nSPS) is 12.4. The van der Waals surface area contributed by atoms with Crippen LogP contribution in [0.5, 0.6) is 0 Å². The van der Waals surface area contributed by atoms with Crippen molar-refractivity contribution in [1.82, 2.24) is 10.2 Å². The molecule has 0 bridgehead atoms. The third-order valence-electron chi connectivity index (χ3n) is 1.84. The first-order valence-corrected chi connectivity index (χ1v) is 4.70. The predicted molar refractivity (Wildman–Crippen MR) is 57.4 cm³/mol. The fourth-order valence-electron chi connectivity index (χ4n) is 0.949. The third-order valence-corrected chi connectivity index (χ3v) is 1.84. The number of rotatable bonds is 4. The molecule has 2 amide bonds. The number of urea groups is 1. The Bertz CT molecular complexity index is 215. The first-order valence-electron chi connectivity index (χ1n) is 4.70. The molecule has 0 saturated carbocycles. The summed E-state index contributed by atoms with van der Waals surface area (Å²) in [5, 5.41) is 9.96. The Balaban J connectivity index is 4.01. The Hall–Kier alpha value is -1.26. The van der Waals surface area contributed by atoms with Gasteiger partial charge >= 0.3 is 6.03 Å². The van der Waals surface area contributed by atoms with Crippen LogP contribution in [0.2, 0.25) is 0 Å². The number of nitrogens with two attached hydrogens (primary N) is 1. The zero-order valence-electron chi connectivity index (χ0n) is 9.29. The molecule has 0 fully saturated rings. The highest BCUT2D eigenvalue weighted by atomic mass is 16.2. The minimum absolute atomic E-state index is 0.0992. The van der Waals surface area contributed by atoms with Crippen LogP contribution < -0.4 is 11.1 Å². The first-order chi connectivity index (χ1) is 6.34. The first kappa shape index (κ1) is 12.7. The van der Waals surface area contributed by atoms with Crippen LogP contribution in [0, 0.1) is 11.3 Å². The van der Waals surface area contributed by atoms with E-state index in [2.05, 4.69) is 5.32 Å². The van der Waals surface area contributed by atoms with E-state index in [-0.39, 0.29) is 23.8 Å². The van der Waals surface area contributed by atoms with Gasteiger partial charge in [-0.15, -0.1) is 0 Å². The molecule has 82 valence electrons. The molecule has 5 heteroatoms. The molecule has 0 spiro atoms. The van der Waals surface area contributed by atoms with E-state index in [4.69, 9.17) is 11.1 Å². The van der Waals surface area contributed by atoms with Gasteiger partial charge in [0.05, 0.1) is 5.84 Å². The van der Waals surface area contributed by atoms with Gasteiger partial charge < -0.3 is 16.0 Å². The Labute approximate surface area is 85.2 Å². The van der Waals surface area contributed by atoms with E-state index in [0.717, 1.165) is 0 Å². The van der Waals surface area contributed by atoms with E-state index >= 15 is 0 Å². The fraction of sp³-hybridized carbons (Fsp3) is 0.778. The van der Waals surface area contributed by atoms with Crippen LogP contribution in [-0.4, -0.2) is 36.4 Å². The molecule has 0 saturated heterocycles.